The molecule has 1 aromatic carbocycles. The first kappa shape index (κ1) is 14.6. The summed E-state index contributed by atoms with van der Waals surface area (Å²) in [5, 5.41) is 9.79. The molecule has 1 aliphatic heterocycles. The van der Waals surface area contributed by atoms with E-state index in [1.54, 1.807) is 0 Å². The summed E-state index contributed by atoms with van der Waals surface area (Å²) in [5.74, 6) is 0.747. The first-order valence-corrected chi connectivity index (χ1v) is 8.31. The van der Waals surface area contributed by atoms with Crippen molar-refractivity contribution in [3.8, 4) is 11.3 Å². The third-order valence-corrected chi connectivity index (χ3v) is 5.05. The van der Waals surface area contributed by atoms with Crippen molar-refractivity contribution in [1.29, 1.82) is 0 Å². The minimum atomic E-state index is -0.282. The molecule has 0 spiro atoms. The van der Waals surface area contributed by atoms with E-state index in [1.165, 1.54) is 5.56 Å². The average Bonchev–Trinajstić information content (AvgIpc) is 3.06. The van der Waals surface area contributed by atoms with Gasteiger partial charge in [0.15, 0.2) is 0 Å². The summed E-state index contributed by atoms with van der Waals surface area (Å²) < 4.78 is 0. The highest BCUT2D eigenvalue weighted by molar-refractivity contribution is 5.67. The number of aliphatic hydroxyl groups is 1. The minimum absolute atomic E-state index is 0.0812. The van der Waals surface area contributed by atoms with Crippen LogP contribution < -0.4 is 10.6 Å². The van der Waals surface area contributed by atoms with Gasteiger partial charge in [0.25, 0.3) is 0 Å². The third kappa shape index (κ3) is 2.40. The van der Waals surface area contributed by atoms with Gasteiger partial charge in [-0.3, -0.25) is 0 Å². The molecule has 5 heteroatoms. The lowest BCUT2D eigenvalue weighted by Gasteiger charge is -2.43. The van der Waals surface area contributed by atoms with E-state index in [0.717, 1.165) is 47.7 Å². The van der Waals surface area contributed by atoms with E-state index < -0.39 is 0 Å². The predicted molar refractivity (Wildman–Crippen MR) is 90.2 cm³/mol. The Morgan fingerprint density at radius 3 is 2.91 bits per heavy atom. The smallest absolute Gasteiger partial charge is 0.226 e. The van der Waals surface area contributed by atoms with Crippen molar-refractivity contribution in [2.45, 2.75) is 44.9 Å². The van der Waals surface area contributed by atoms with Crippen LogP contribution in [0.5, 0.6) is 0 Å². The normalized spacial score (nSPS) is 22.8. The molecule has 2 aromatic rings. The topological polar surface area (TPSA) is 75.3 Å². The highest BCUT2D eigenvalue weighted by Gasteiger charge is 2.36. The highest BCUT2D eigenvalue weighted by atomic mass is 16.3. The van der Waals surface area contributed by atoms with Crippen LogP contribution in [-0.4, -0.2) is 33.8 Å². The minimum Gasteiger partial charge on any atom is -0.389 e. The summed E-state index contributed by atoms with van der Waals surface area (Å²) in [6.45, 7) is 3.16. The van der Waals surface area contributed by atoms with E-state index >= 15 is 0 Å². The van der Waals surface area contributed by atoms with Gasteiger partial charge < -0.3 is 15.7 Å². The Labute approximate surface area is 136 Å². The molecule has 3 N–H and O–H groups in total. The number of nitrogens with two attached hydrogens (primary N) is 1. The van der Waals surface area contributed by atoms with E-state index in [1.807, 2.05) is 19.1 Å². The number of fused-ring (bicyclic) bond motifs is 1. The molecular formula is C18H22N4O. The maximum Gasteiger partial charge on any atom is 0.226 e. The van der Waals surface area contributed by atoms with Gasteiger partial charge in [-0.15, -0.1) is 0 Å². The van der Waals surface area contributed by atoms with Gasteiger partial charge in [-0.1, -0.05) is 18.2 Å². The molecule has 0 radical (unpaired) electrons. The molecule has 0 bridgehead atoms. The maximum atomic E-state index is 9.79. The van der Waals surface area contributed by atoms with Gasteiger partial charge in [0.1, 0.15) is 0 Å². The van der Waals surface area contributed by atoms with Crippen molar-refractivity contribution in [1.82, 2.24) is 9.97 Å². The van der Waals surface area contributed by atoms with Gasteiger partial charge >= 0.3 is 0 Å². The Balaban J connectivity index is 1.80. The Bertz CT molecular complexity index is 746. The summed E-state index contributed by atoms with van der Waals surface area (Å²) >= 11 is 0. The van der Waals surface area contributed by atoms with Crippen LogP contribution in [0.25, 0.3) is 11.3 Å². The molecule has 0 unspecified atom stereocenters. The monoisotopic (exact) mass is 310 g/mol. The molecule has 2 atom stereocenters. The zero-order chi connectivity index (χ0) is 16.0. The number of rotatable bonds is 3. The van der Waals surface area contributed by atoms with Crippen molar-refractivity contribution in [3.63, 3.8) is 0 Å². The van der Waals surface area contributed by atoms with Crippen molar-refractivity contribution < 1.29 is 5.11 Å². The van der Waals surface area contributed by atoms with Crippen LogP contribution in [0.4, 0.5) is 5.95 Å². The summed E-state index contributed by atoms with van der Waals surface area (Å²) in [7, 11) is 0. The van der Waals surface area contributed by atoms with E-state index in [0.29, 0.717) is 13.1 Å². The van der Waals surface area contributed by atoms with E-state index in [-0.39, 0.29) is 12.1 Å². The SMILES string of the molecule is C[C@H]1[C@H](O)CN1c1nc2c(c(-c3cccc(CN)c3)n1)CCC2. The molecule has 4 rings (SSSR count). The number of hydrogen-bond donors (Lipinski definition) is 2. The molecule has 1 aromatic heterocycles. The van der Waals surface area contributed by atoms with Crippen molar-refractivity contribution in [2.24, 2.45) is 5.73 Å². The maximum absolute atomic E-state index is 9.79. The Hall–Kier alpha value is -1.98. The van der Waals surface area contributed by atoms with E-state index in [2.05, 4.69) is 17.0 Å². The Morgan fingerprint density at radius 2 is 2.17 bits per heavy atom. The quantitative estimate of drug-likeness (QED) is 0.902. The molecule has 1 fully saturated rings. The van der Waals surface area contributed by atoms with Crippen LogP contribution in [0.1, 0.15) is 30.2 Å². The molecule has 5 nitrogen and oxygen atoms in total. The fraction of sp³-hybridized carbons (Fsp3) is 0.444. The second kappa shape index (κ2) is 5.58. The molecule has 2 aliphatic rings. The van der Waals surface area contributed by atoms with Gasteiger partial charge in [0.05, 0.1) is 17.8 Å². The Morgan fingerprint density at radius 1 is 1.30 bits per heavy atom. The van der Waals surface area contributed by atoms with Crippen LogP contribution in [0, 0.1) is 0 Å². The van der Waals surface area contributed by atoms with Crippen LogP contribution in [-0.2, 0) is 19.4 Å². The highest BCUT2D eigenvalue weighted by Crippen LogP contribution is 2.34. The predicted octanol–water partition coefficient (Wildman–Crippen LogP) is 1.66. The largest absolute Gasteiger partial charge is 0.389 e. The standard InChI is InChI=1S/C18H22N4O/c1-11-16(23)10-22(11)18-20-15-7-3-6-14(15)17(21-18)13-5-2-4-12(8-13)9-19/h2,4-5,8,11,16,23H,3,6-7,9-10,19H2,1H3/t11-,16+/m0/s1. The second-order valence-electron chi connectivity index (χ2n) is 6.52. The number of benzene rings is 1. The van der Waals surface area contributed by atoms with E-state index in [9.17, 15) is 5.11 Å². The van der Waals surface area contributed by atoms with Gasteiger partial charge in [0.2, 0.25) is 5.95 Å². The Kier molecular flexibility index (Phi) is 3.54. The average molecular weight is 310 g/mol. The first-order chi connectivity index (χ1) is 11.2. The number of aliphatic hydroxyl groups excluding tert-OH is 1. The number of hydrogen-bond acceptors (Lipinski definition) is 5. The summed E-state index contributed by atoms with van der Waals surface area (Å²) in [5.41, 5.74) is 11.5. The fourth-order valence-electron chi connectivity index (χ4n) is 3.49. The van der Waals surface area contributed by atoms with Crippen molar-refractivity contribution >= 4 is 5.95 Å². The second-order valence-corrected chi connectivity index (χ2v) is 6.52. The van der Waals surface area contributed by atoms with Crippen LogP contribution in [0.15, 0.2) is 24.3 Å². The summed E-state index contributed by atoms with van der Waals surface area (Å²) in [6, 6.07) is 8.38. The van der Waals surface area contributed by atoms with Gasteiger partial charge in [-0.25, -0.2) is 9.97 Å². The molecule has 120 valence electrons. The van der Waals surface area contributed by atoms with Gasteiger partial charge in [-0.05, 0) is 37.8 Å². The van der Waals surface area contributed by atoms with Crippen molar-refractivity contribution in [2.75, 3.05) is 11.4 Å². The molecule has 0 saturated carbocycles. The first-order valence-electron chi connectivity index (χ1n) is 8.31. The number of β-amino-alcohol motifs (C(OH)–C–C–N with tert-alkyl or cyclic N) is 1. The fourth-order valence-corrected chi connectivity index (χ4v) is 3.49. The number of aromatic nitrogens is 2. The lowest BCUT2D eigenvalue weighted by Crippen LogP contribution is -2.59. The number of nitrogens with zero attached hydrogens (tertiary/aromatic N) is 3. The zero-order valence-corrected chi connectivity index (χ0v) is 13.4. The lowest BCUT2D eigenvalue weighted by atomic mass is 10.0. The molecule has 1 saturated heterocycles. The lowest BCUT2D eigenvalue weighted by molar-refractivity contribution is 0.0979. The zero-order valence-electron chi connectivity index (χ0n) is 13.4. The third-order valence-electron chi connectivity index (χ3n) is 5.05. The molecule has 1 aliphatic carbocycles. The molecule has 2 heterocycles. The van der Waals surface area contributed by atoms with Crippen LogP contribution in [0.2, 0.25) is 0 Å². The molecule has 0 amide bonds. The number of aryl methyl sites for hydroxylation is 1. The van der Waals surface area contributed by atoms with Gasteiger partial charge in [-0.2, -0.15) is 0 Å². The van der Waals surface area contributed by atoms with Crippen LogP contribution >= 0.6 is 0 Å². The van der Waals surface area contributed by atoms with Crippen molar-refractivity contribution in [3.05, 3.63) is 41.1 Å². The molecular weight excluding hydrogens is 288 g/mol. The van der Waals surface area contributed by atoms with Crippen LogP contribution in [0.3, 0.4) is 0 Å². The molecule has 23 heavy (non-hydrogen) atoms. The number of anilines is 1. The van der Waals surface area contributed by atoms with Gasteiger partial charge in [0, 0.05) is 29.9 Å². The van der Waals surface area contributed by atoms with E-state index in [4.69, 9.17) is 15.7 Å². The summed E-state index contributed by atoms with van der Waals surface area (Å²) in [6.07, 6.45) is 2.90. The summed E-state index contributed by atoms with van der Waals surface area (Å²) in [4.78, 5) is 11.7.